The van der Waals surface area contributed by atoms with Crippen molar-refractivity contribution in [3.63, 3.8) is 0 Å². The monoisotopic (exact) mass is 295 g/mol. The summed E-state index contributed by atoms with van der Waals surface area (Å²) in [6.45, 7) is 5.69. The van der Waals surface area contributed by atoms with E-state index in [-0.39, 0.29) is 11.9 Å². The number of benzene rings is 1. The minimum Gasteiger partial charge on any atom is -0.334 e. The lowest BCUT2D eigenvalue weighted by Gasteiger charge is -2.20. The summed E-state index contributed by atoms with van der Waals surface area (Å²) in [5, 5.41) is 3.88. The van der Waals surface area contributed by atoms with Crippen molar-refractivity contribution in [1.29, 1.82) is 0 Å². The number of hydrogen-bond acceptors (Lipinski definition) is 2. The molecule has 0 radical (unpaired) electrons. The Morgan fingerprint density at radius 1 is 1.40 bits per heavy atom. The maximum absolute atomic E-state index is 14.1. The van der Waals surface area contributed by atoms with Crippen LogP contribution < -0.4 is 5.32 Å². The molecule has 0 amide bonds. The van der Waals surface area contributed by atoms with E-state index in [0.29, 0.717) is 10.6 Å². The predicted octanol–water partition coefficient (Wildman–Crippen LogP) is 3.78. The molecule has 1 atom stereocenters. The second-order valence-electron chi connectivity index (χ2n) is 4.62. The fraction of sp³-hybridized carbons (Fsp3) is 0.400. The summed E-state index contributed by atoms with van der Waals surface area (Å²) in [5.74, 6) is 0.538. The van der Waals surface area contributed by atoms with Gasteiger partial charge in [-0.25, -0.2) is 9.37 Å². The summed E-state index contributed by atoms with van der Waals surface area (Å²) < 4.78 is 16.1. The van der Waals surface area contributed by atoms with Gasteiger partial charge in [0.05, 0.1) is 6.04 Å². The van der Waals surface area contributed by atoms with Gasteiger partial charge in [0, 0.05) is 29.5 Å². The van der Waals surface area contributed by atoms with E-state index in [0.717, 1.165) is 25.3 Å². The fourth-order valence-corrected chi connectivity index (χ4v) is 2.39. The van der Waals surface area contributed by atoms with Crippen molar-refractivity contribution in [2.45, 2.75) is 32.9 Å². The van der Waals surface area contributed by atoms with Crippen LogP contribution in [-0.4, -0.2) is 16.1 Å². The molecule has 1 unspecified atom stereocenters. The van der Waals surface area contributed by atoms with E-state index in [9.17, 15) is 4.39 Å². The molecule has 1 heterocycles. The van der Waals surface area contributed by atoms with Crippen LogP contribution in [0.5, 0.6) is 0 Å². The maximum atomic E-state index is 14.1. The Morgan fingerprint density at radius 3 is 2.90 bits per heavy atom. The second kappa shape index (κ2) is 6.86. The SMILES string of the molecule is CCCNC(c1cc(Cl)ccc1F)c1nccn1CC. The molecule has 108 valence electrons. The minimum absolute atomic E-state index is 0.270. The highest BCUT2D eigenvalue weighted by Crippen LogP contribution is 2.26. The summed E-state index contributed by atoms with van der Waals surface area (Å²) in [7, 11) is 0. The summed E-state index contributed by atoms with van der Waals surface area (Å²) in [4.78, 5) is 4.38. The molecule has 1 aromatic heterocycles. The van der Waals surface area contributed by atoms with Crippen LogP contribution in [0.2, 0.25) is 5.02 Å². The summed E-state index contributed by atoms with van der Waals surface area (Å²) in [5.41, 5.74) is 0.534. The Morgan fingerprint density at radius 2 is 2.20 bits per heavy atom. The van der Waals surface area contributed by atoms with Crippen molar-refractivity contribution in [2.24, 2.45) is 0 Å². The lowest BCUT2D eigenvalue weighted by Crippen LogP contribution is -2.27. The van der Waals surface area contributed by atoms with Crippen LogP contribution in [0.25, 0.3) is 0 Å². The molecule has 0 saturated heterocycles. The molecule has 0 spiro atoms. The first-order chi connectivity index (χ1) is 9.67. The van der Waals surface area contributed by atoms with Crippen molar-refractivity contribution in [2.75, 3.05) is 6.54 Å². The molecule has 3 nitrogen and oxygen atoms in total. The van der Waals surface area contributed by atoms with Gasteiger partial charge < -0.3 is 9.88 Å². The highest BCUT2D eigenvalue weighted by atomic mass is 35.5. The third-order valence-corrected chi connectivity index (χ3v) is 3.45. The first-order valence-corrected chi connectivity index (χ1v) is 7.24. The van der Waals surface area contributed by atoms with Gasteiger partial charge in [-0.15, -0.1) is 0 Å². The first-order valence-electron chi connectivity index (χ1n) is 6.86. The Balaban J connectivity index is 2.44. The van der Waals surface area contributed by atoms with Crippen LogP contribution in [0.1, 0.15) is 37.7 Å². The molecule has 0 bridgehead atoms. The van der Waals surface area contributed by atoms with Crippen molar-refractivity contribution in [3.8, 4) is 0 Å². The minimum atomic E-state index is -0.288. The van der Waals surface area contributed by atoms with Gasteiger partial charge in [0.25, 0.3) is 0 Å². The van der Waals surface area contributed by atoms with E-state index in [2.05, 4.69) is 17.2 Å². The van der Waals surface area contributed by atoms with E-state index < -0.39 is 0 Å². The number of nitrogens with one attached hydrogen (secondary N) is 1. The standard InChI is InChI=1S/C15H19ClFN3/c1-3-7-18-14(15-19-8-9-20(15)4-2)12-10-11(16)5-6-13(12)17/h5-6,8-10,14,18H,3-4,7H2,1-2H3. The van der Waals surface area contributed by atoms with Gasteiger partial charge in [0.2, 0.25) is 0 Å². The number of hydrogen-bond donors (Lipinski definition) is 1. The lowest BCUT2D eigenvalue weighted by molar-refractivity contribution is 0.511. The van der Waals surface area contributed by atoms with Crippen molar-refractivity contribution in [3.05, 3.63) is 52.8 Å². The number of rotatable bonds is 6. The molecule has 0 saturated carbocycles. The molecule has 5 heteroatoms. The molecule has 0 aliphatic heterocycles. The molecule has 1 aromatic carbocycles. The van der Waals surface area contributed by atoms with Gasteiger partial charge in [-0.3, -0.25) is 0 Å². The predicted molar refractivity (Wildman–Crippen MR) is 79.4 cm³/mol. The van der Waals surface area contributed by atoms with Crippen LogP contribution >= 0.6 is 11.6 Å². The summed E-state index contributed by atoms with van der Waals surface area (Å²) >= 11 is 6.01. The average Bonchev–Trinajstić information content (AvgIpc) is 2.91. The lowest BCUT2D eigenvalue weighted by atomic mass is 10.1. The van der Waals surface area contributed by atoms with E-state index in [4.69, 9.17) is 11.6 Å². The van der Waals surface area contributed by atoms with Gasteiger partial charge in [-0.05, 0) is 38.1 Å². The van der Waals surface area contributed by atoms with Crippen LogP contribution in [-0.2, 0) is 6.54 Å². The third-order valence-electron chi connectivity index (χ3n) is 3.21. The highest BCUT2D eigenvalue weighted by Gasteiger charge is 2.21. The zero-order valence-electron chi connectivity index (χ0n) is 11.7. The highest BCUT2D eigenvalue weighted by molar-refractivity contribution is 6.30. The Kier molecular flexibility index (Phi) is 5.15. The van der Waals surface area contributed by atoms with Crippen LogP contribution in [0.4, 0.5) is 4.39 Å². The van der Waals surface area contributed by atoms with Gasteiger partial charge in [-0.1, -0.05) is 18.5 Å². The first kappa shape index (κ1) is 15.0. The fourth-order valence-electron chi connectivity index (χ4n) is 2.21. The maximum Gasteiger partial charge on any atom is 0.130 e. The zero-order valence-corrected chi connectivity index (χ0v) is 12.5. The largest absolute Gasteiger partial charge is 0.334 e. The molecule has 1 N–H and O–H groups in total. The molecular weight excluding hydrogens is 277 g/mol. The third kappa shape index (κ3) is 3.19. The summed E-state index contributed by atoms with van der Waals surface area (Å²) in [6.07, 6.45) is 4.60. The number of aromatic nitrogens is 2. The average molecular weight is 296 g/mol. The van der Waals surface area contributed by atoms with Gasteiger partial charge in [0.15, 0.2) is 0 Å². The zero-order chi connectivity index (χ0) is 14.5. The van der Waals surface area contributed by atoms with E-state index in [1.165, 1.54) is 6.07 Å². The molecule has 2 aromatic rings. The molecule has 20 heavy (non-hydrogen) atoms. The quantitative estimate of drug-likeness (QED) is 0.879. The number of halogens is 2. The molecule has 2 rings (SSSR count). The van der Waals surface area contributed by atoms with E-state index >= 15 is 0 Å². The van der Waals surface area contributed by atoms with E-state index in [1.807, 2.05) is 17.7 Å². The van der Waals surface area contributed by atoms with Gasteiger partial charge >= 0.3 is 0 Å². The normalized spacial score (nSPS) is 12.6. The van der Waals surface area contributed by atoms with Gasteiger partial charge in [-0.2, -0.15) is 0 Å². The second-order valence-corrected chi connectivity index (χ2v) is 5.06. The number of aryl methyl sites for hydroxylation is 1. The van der Waals surface area contributed by atoms with Crippen LogP contribution in [0.3, 0.4) is 0 Å². The number of nitrogens with zero attached hydrogens (tertiary/aromatic N) is 2. The van der Waals surface area contributed by atoms with E-state index in [1.54, 1.807) is 18.3 Å². The Bertz CT molecular complexity index is 568. The molecular formula is C15H19ClFN3. The molecule has 0 aliphatic carbocycles. The number of imidazole rings is 1. The summed E-state index contributed by atoms with van der Waals surface area (Å²) in [6, 6.07) is 4.34. The Hall–Kier alpha value is -1.39. The van der Waals surface area contributed by atoms with Crippen LogP contribution in [0, 0.1) is 5.82 Å². The topological polar surface area (TPSA) is 29.9 Å². The van der Waals surface area contributed by atoms with Crippen molar-refractivity contribution >= 4 is 11.6 Å². The Labute approximate surface area is 123 Å². The molecule has 0 aliphatic rings. The van der Waals surface area contributed by atoms with Crippen molar-refractivity contribution in [1.82, 2.24) is 14.9 Å². The van der Waals surface area contributed by atoms with Crippen molar-refractivity contribution < 1.29 is 4.39 Å². The van der Waals surface area contributed by atoms with Crippen LogP contribution in [0.15, 0.2) is 30.6 Å². The smallest absolute Gasteiger partial charge is 0.130 e. The van der Waals surface area contributed by atoms with Gasteiger partial charge in [0.1, 0.15) is 11.6 Å². The molecule has 0 fully saturated rings.